The number of ether oxygens (including phenoxy) is 5. The van der Waals surface area contributed by atoms with Crippen LogP contribution in [0.5, 0.6) is 23.0 Å². The van der Waals surface area contributed by atoms with Crippen molar-refractivity contribution in [1.82, 2.24) is 29.9 Å². The second-order valence-electron chi connectivity index (χ2n) is 25.9. The predicted octanol–water partition coefficient (Wildman–Crippen LogP) is 19.0. The number of phenols is 2. The minimum Gasteiger partial charge on any atom is -0.507 e. The van der Waals surface area contributed by atoms with Crippen LogP contribution < -0.4 is 9.47 Å². The molecule has 3 N–H and O–H groups in total. The Kier molecular flexibility index (Phi) is 29.2. The van der Waals surface area contributed by atoms with Crippen molar-refractivity contribution in [3.05, 3.63) is 154 Å². The number of aromatic nitrogens is 6. The van der Waals surface area contributed by atoms with Gasteiger partial charge in [0.1, 0.15) is 48.4 Å². The summed E-state index contributed by atoms with van der Waals surface area (Å²) in [7, 11) is 0. The number of phenolic OH excluding ortho intramolecular Hbond substituents is 2. The van der Waals surface area contributed by atoms with Crippen molar-refractivity contribution in [3.63, 3.8) is 0 Å². The number of hydrogen-bond acceptors (Lipinski definition) is 14. The van der Waals surface area contributed by atoms with Gasteiger partial charge >= 0.3 is 0 Å². The van der Waals surface area contributed by atoms with E-state index >= 15 is 0 Å². The minimum atomic E-state index is -0.823. The molecule has 0 aliphatic heterocycles. The van der Waals surface area contributed by atoms with Gasteiger partial charge in [-0.1, -0.05) is 211 Å². The van der Waals surface area contributed by atoms with Crippen LogP contribution in [-0.2, 0) is 14.2 Å². The van der Waals surface area contributed by atoms with Gasteiger partial charge in [0.25, 0.3) is 0 Å². The second kappa shape index (κ2) is 38.1. The minimum absolute atomic E-state index is 0.0184. The number of rotatable bonds is 41. The highest BCUT2D eigenvalue weighted by atomic mass is 16.6. The second-order valence-corrected chi connectivity index (χ2v) is 25.9. The molecule has 0 radical (unpaired) electrons. The lowest BCUT2D eigenvalue weighted by molar-refractivity contribution is -0.0389. The Morgan fingerprint density at radius 1 is 0.319 bits per heavy atom. The average molecular weight is 1280 g/mol. The van der Waals surface area contributed by atoms with Crippen molar-refractivity contribution >= 4 is 0 Å². The van der Waals surface area contributed by atoms with Crippen LogP contribution in [0, 0.1) is 55.4 Å². The lowest BCUT2D eigenvalue weighted by Crippen LogP contribution is -2.28. The highest BCUT2D eigenvalue weighted by molar-refractivity contribution is 5.74. The van der Waals surface area contributed by atoms with E-state index in [2.05, 4.69) is 84.9 Å². The number of nitrogens with zero attached hydrogens (tertiary/aromatic N) is 6. The molecule has 0 amide bonds. The predicted molar refractivity (Wildman–Crippen MR) is 380 cm³/mol. The SMILES string of the molecule is CCCCCCCCCCCCCOCC(COc1ccc(-c2nc(-c3ccc(C)cc3C)nc(-c3ccc(C)cc3C)n2)c(O)c1)OCCCCCCCCCCCOCC(O)COc1ccc(-c2nc(-c3ccc(C)cc3C)nc(-c3ccc(C)cc3C)n2)c(O)c1. The van der Waals surface area contributed by atoms with E-state index < -0.39 is 6.10 Å². The lowest BCUT2D eigenvalue weighted by atomic mass is 10.0. The zero-order chi connectivity index (χ0) is 66.6. The Bertz CT molecular complexity index is 3510. The van der Waals surface area contributed by atoms with Crippen LogP contribution in [0.25, 0.3) is 68.3 Å². The molecule has 0 bridgehead atoms. The van der Waals surface area contributed by atoms with Gasteiger partial charge in [-0.05, 0) is 121 Å². The molecular formula is C80H104N6O8. The summed E-state index contributed by atoms with van der Waals surface area (Å²) in [5.74, 6) is 3.81. The number of aliphatic hydroxyl groups is 1. The van der Waals surface area contributed by atoms with Gasteiger partial charge in [-0.3, -0.25) is 0 Å². The van der Waals surface area contributed by atoms with Gasteiger partial charge in [-0.25, -0.2) is 29.9 Å². The van der Waals surface area contributed by atoms with Crippen LogP contribution in [0.4, 0.5) is 0 Å². The molecule has 2 atom stereocenters. The van der Waals surface area contributed by atoms with Crippen LogP contribution in [0.1, 0.15) is 180 Å². The van der Waals surface area contributed by atoms with E-state index in [4.69, 9.17) is 53.6 Å². The van der Waals surface area contributed by atoms with Gasteiger partial charge < -0.3 is 39.0 Å². The van der Waals surface area contributed by atoms with Gasteiger partial charge in [0.2, 0.25) is 0 Å². The highest BCUT2D eigenvalue weighted by Gasteiger charge is 2.21. The van der Waals surface area contributed by atoms with Gasteiger partial charge in [0, 0.05) is 54.2 Å². The number of unbranched alkanes of at least 4 members (excludes halogenated alkanes) is 18. The quantitative estimate of drug-likeness (QED) is 0.0308. The molecule has 2 unspecified atom stereocenters. The Balaban J connectivity index is 0.735. The van der Waals surface area contributed by atoms with E-state index in [1.807, 2.05) is 62.4 Å². The van der Waals surface area contributed by atoms with Crippen molar-refractivity contribution in [2.24, 2.45) is 0 Å². The molecule has 0 saturated carbocycles. The monoisotopic (exact) mass is 1280 g/mol. The number of aromatic hydroxyl groups is 2. The summed E-state index contributed by atoms with van der Waals surface area (Å²) in [5, 5.41) is 33.6. The molecular weight excluding hydrogens is 1170 g/mol. The van der Waals surface area contributed by atoms with Crippen LogP contribution in [-0.4, -0.2) is 104 Å². The largest absolute Gasteiger partial charge is 0.507 e. The highest BCUT2D eigenvalue weighted by Crippen LogP contribution is 2.37. The molecule has 14 nitrogen and oxygen atoms in total. The molecule has 8 rings (SSSR count). The number of aliphatic hydroxyl groups excluding tert-OH is 1. The average Bonchev–Trinajstić information content (AvgIpc) is 0.798. The van der Waals surface area contributed by atoms with Crippen molar-refractivity contribution < 1.29 is 39.0 Å². The van der Waals surface area contributed by atoms with Gasteiger partial charge in [0.05, 0.1) is 24.3 Å². The Morgan fingerprint density at radius 3 is 0.957 bits per heavy atom. The molecule has 2 aromatic heterocycles. The summed E-state index contributed by atoms with van der Waals surface area (Å²) >= 11 is 0. The van der Waals surface area contributed by atoms with Gasteiger partial charge in [-0.2, -0.15) is 0 Å². The molecule has 0 aliphatic rings. The van der Waals surface area contributed by atoms with Gasteiger partial charge in [0.15, 0.2) is 34.9 Å². The molecule has 502 valence electrons. The van der Waals surface area contributed by atoms with E-state index in [0.717, 1.165) is 112 Å². The van der Waals surface area contributed by atoms with Crippen molar-refractivity contribution in [1.29, 1.82) is 0 Å². The first-order chi connectivity index (χ1) is 45.6. The normalized spacial score (nSPS) is 12.1. The van der Waals surface area contributed by atoms with E-state index in [-0.39, 0.29) is 37.4 Å². The fraction of sp³-hybridized carbons (Fsp3) is 0.475. The summed E-state index contributed by atoms with van der Waals surface area (Å²) in [6, 6.07) is 35.2. The molecule has 0 saturated heterocycles. The zero-order valence-electron chi connectivity index (χ0n) is 57.7. The molecule has 2 heterocycles. The first-order valence-electron chi connectivity index (χ1n) is 34.8. The van der Waals surface area contributed by atoms with Crippen LogP contribution >= 0.6 is 0 Å². The first-order valence-corrected chi connectivity index (χ1v) is 34.8. The maximum absolute atomic E-state index is 11.6. The Morgan fingerprint density at radius 2 is 0.617 bits per heavy atom. The Labute approximate surface area is 560 Å². The van der Waals surface area contributed by atoms with Crippen molar-refractivity contribution in [3.8, 4) is 91.3 Å². The number of benzene rings is 6. The number of hydrogen-bond donors (Lipinski definition) is 3. The van der Waals surface area contributed by atoms with E-state index in [1.165, 1.54) is 89.5 Å². The molecule has 8 aromatic rings. The smallest absolute Gasteiger partial charge is 0.167 e. The summed E-state index contributed by atoms with van der Waals surface area (Å²) in [5.41, 5.74) is 13.4. The van der Waals surface area contributed by atoms with Crippen molar-refractivity contribution in [2.45, 2.75) is 203 Å². The van der Waals surface area contributed by atoms with Crippen LogP contribution in [0.2, 0.25) is 0 Å². The van der Waals surface area contributed by atoms with Crippen molar-refractivity contribution in [2.75, 3.05) is 46.2 Å². The molecule has 0 spiro atoms. The van der Waals surface area contributed by atoms with Crippen LogP contribution in [0.3, 0.4) is 0 Å². The standard InChI is InChI=1S/C80H104N6O8/c1-10-11-12-13-14-15-16-18-22-25-28-43-91-53-66(54-94-65-35-41-72(74(89)50-65)80-85-77(69-38-32-57(4)47-61(69)8)82-78(86-80)70-39-33-58(5)48-62(70)9)92-44-29-26-23-20-17-19-21-24-27-42-90-51-63(87)52-93-64-34-40-71(73(88)49-64)79-83-75(67-36-30-55(2)45-59(67)6)81-76(84-79)68-37-31-56(3)46-60(68)7/h30-41,45-50,63,66,87-89H,10-29,42-44,51-54H2,1-9H3. The fourth-order valence-electron chi connectivity index (χ4n) is 12.0. The third-order valence-electron chi connectivity index (χ3n) is 17.4. The molecule has 0 fully saturated rings. The summed E-state index contributed by atoms with van der Waals surface area (Å²) in [6.45, 7) is 21.6. The fourth-order valence-corrected chi connectivity index (χ4v) is 12.0. The van der Waals surface area contributed by atoms with Gasteiger partial charge in [-0.15, -0.1) is 0 Å². The third kappa shape index (κ3) is 22.8. The van der Waals surface area contributed by atoms with E-state index in [0.29, 0.717) is 84.0 Å². The third-order valence-corrected chi connectivity index (χ3v) is 17.4. The molecule has 6 aromatic carbocycles. The summed E-state index contributed by atoms with van der Waals surface area (Å²) in [6.07, 6.45) is 23.0. The van der Waals surface area contributed by atoms with E-state index in [9.17, 15) is 15.3 Å². The molecule has 0 aliphatic carbocycles. The molecule has 14 heteroatoms. The lowest BCUT2D eigenvalue weighted by Gasteiger charge is -2.19. The molecule has 94 heavy (non-hydrogen) atoms. The number of aryl methyl sites for hydroxylation is 8. The maximum atomic E-state index is 11.6. The summed E-state index contributed by atoms with van der Waals surface area (Å²) < 4.78 is 30.7. The maximum Gasteiger partial charge on any atom is 0.167 e. The first kappa shape index (κ1) is 72.2. The van der Waals surface area contributed by atoms with Crippen LogP contribution in [0.15, 0.2) is 109 Å². The topological polar surface area (TPSA) is 184 Å². The zero-order valence-corrected chi connectivity index (χ0v) is 57.7. The van der Waals surface area contributed by atoms with E-state index in [1.54, 1.807) is 18.2 Å². The Hall–Kier alpha value is -7.62. The summed E-state index contributed by atoms with van der Waals surface area (Å²) in [4.78, 5) is 29.4.